The molecular weight excluding hydrogens is 909 g/mol. The Labute approximate surface area is 408 Å². The minimum absolute atomic E-state index is 0.00474. The maximum absolute atomic E-state index is 13.6. The quantitative estimate of drug-likeness (QED) is 0.0284. The van der Waals surface area contributed by atoms with Crippen molar-refractivity contribution in [3.05, 3.63) is 64.1 Å². The smallest absolute Gasteiger partial charge is 0.312 e. The first-order chi connectivity index (χ1) is 33.4. The summed E-state index contributed by atoms with van der Waals surface area (Å²) in [5.41, 5.74) is 25.4. The third-order valence-corrected chi connectivity index (χ3v) is 10.6. The van der Waals surface area contributed by atoms with Crippen LogP contribution in [0.3, 0.4) is 0 Å². The number of nitrogens with zero attached hydrogens (tertiary/aromatic N) is 3. The summed E-state index contributed by atoms with van der Waals surface area (Å²) in [4.78, 5) is 92.3. The fourth-order valence-electron chi connectivity index (χ4n) is 6.96. The summed E-state index contributed by atoms with van der Waals surface area (Å²) in [6.45, 7) is 11.7. The molecule has 1 aromatic carbocycles. The zero-order chi connectivity index (χ0) is 51.6. The highest BCUT2D eigenvalue weighted by Gasteiger charge is 2.29. The average molecular weight is 983 g/mol. The van der Waals surface area contributed by atoms with E-state index in [1.54, 1.807) is 13.8 Å². The van der Waals surface area contributed by atoms with Gasteiger partial charge < -0.3 is 73.0 Å². The van der Waals surface area contributed by atoms with Gasteiger partial charge >= 0.3 is 6.03 Å². The van der Waals surface area contributed by atoms with Crippen molar-refractivity contribution in [2.24, 2.45) is 28.9 Å². The van der Waals surface area contributed by atoms with Crippen LogP contribution in [0.4, 0.5) is 4.79 Å². The van der Waals surface area contributed by atoms with Gasteiger partial charge in [0.2, 0.25) is 29.5 Å². The molecular formula is C47H74N12O11. The molecule has 13 N–H and O–H groups in total. The fourth-order valence-corrected chi connectivity index (χ4v) is 6.96. The number of urea groups is 1. The fraction of sp³-hybridized carbons (Fsp3) is 0.574. The van der Waals surface area contributed by atoms with Crippen molar-refractivity contribution in [3.8, 4) is 0 Å². The van der Waals surface area contributed by atoms with Gasteiger partial charge in [-0.1, -0.05) is 51.5 Å². The minimum atomic E-state index is -0.998. The van der Waals surface area contributed by atoms with Crippen LogP contribution >= 0.6 is 0 Å². The number of unbranched alkanes of at least 4 members (excludes halogenated alkanes) is 1. The molecule has 0 aliphatic carbocycles. The highest BCUT2D eigenvalue weighted by atomic mass is 16.5. The SMILES string of the molecule is CCCCc1nc(=C(N)N)/c(=C(\N)OC(C)C)n1Cc1ccc(CNC(=O)[C@H](CCCNC(N)=O)NC(=O)[C@@H](NC(=O)CCOCCOCCOCCNC(=O)CCN2C(=O)C=CC2=O)C(C)C)cc1. The number of rotatable bonds is 33. The first-order valence-corrected chi connectivity index (χ1v) is 23.7. The molecule has 388 valence electrons. The summed E-state index contributed by atoms with van der Waals surface area (Å²) in [6.07, 6.45) is 5.12. The molecule has 3 rings (SSSR count). The highest BCUT2D eigenvalue weighted by molar-refractivity contribution is 6.13. The molecule has 0 saturated heterocycles. The Hall–Kier alpha value is -6.72. The molecule has 2 heterocycles. The third kappa shape index (κ3) is 20.5. The minimum Gasteiger partial charge on any atom is -0.475 e. The highest BCUT2D eigenvalue weighted by Crippen LogP contribution is 2.11. The zero-order valence-corrected chi connectivity index (χ0v) is 41.1. The summed E-state index contributed by atoms with van der Waals surface area (Å²) in [5.74, 6) is -1.98. The van der Waals surface area contributed by atoms with Gasteiger partial charge in [0.05, 0.1) is 45.7 Å². The monoisotopic (exact) mass is 983 g/mol. The van der Waals surface area contributed by atoms with E-state index < -0.39 is 47.7 Å². The lowest BCUT2D eigenvalue weighted by Crippen LogP contribution is -2.55. The lowest BCUT2D eigenvalue weighted by Gasteiger charge is -2.25. The van der Waals surface area contributed by atoms with Crippen LogP contribution in [0.5, 0.6) is 0 Å². The molecule has 8 amide bonds. The second-order valence-corrected chi connectivity index (χ2v) is 17.1. The number of primary amides is 1. The van der Waals surface area contributed by atoms with Crippen LogP contribution in [0.2, 0.25) is 0 Å². The maximum atomic E-state index is 13.6. The van der Waals surface area contributed by atoms with E-state index in [-0.39, 0.29) is 115 Å². The van der Waals surface area contributed by atoms with Gasteiger partial charge in [0, 0.05) is 64.1 Å². The number of carbonyl (C=O) groups excluding carboxylic acids is 7. The van der Waals surface area contributed by atoms with Crippen molar-refractivity contribution >= 4 is 53.2 Å². The van der Waals surface area contributed by atoms with Crippen molar-refractivity contribution in [2.45, 2.75) is 111 Å². The number of imide groups is 1. The molecule has 23 heteroatoms. The number of imidazole rings is 1. The van der Waals surface area contributed by atoms with E-state index in [1.165, 1.54) is 12.2 Å². The number of aryl methyl sites for hydroxylation is 1. The van der Waals surface area contributed by atoms with Gasteiger partial charge in [-0.25, -0.2) is 9.78 Å². The van der Waals surface area contributed by atoms with E-state index in [0.717, 1.165) is 34.7 Å². The number of amides is 8. The van der Waals surface area contributed by atoms with E-state index in [1.807, 2.05) is 42.7 Å². The van der Waals surface area contributed by atoms with Gasteiger partial charge in [0.25, 0.3) is 11.8 Å². The van der Waals surface area contributed by atoms with Gasteiger partial charge in [0.1, 0.15) is 34.4 Å². The van der Waals surface area contributed by atoms with Crippen LogP contribution in [0, 0.1) is 5.92 Å². The summed E-state index contributed by atoms with van der Waals surface area (Å²) in [5, 5.41) is 14.5. The Kier molecular flexibility index (Phi) is 25.3. The van der Waals surface area contributed by atoms with Gasteiger partial charge in [-0.3, -0.25) is 33.7 Å². The summed E-state index contributed by atoms with van der Waals surface area (Å²) in [6, 6.07) is 4.94. The standard InChI is InChI=1S/C47H74N12O11/c1-6-7-10-35-56-41(43(48)49)42(44(50)70-31(4)5)59(35)29-33-13-11-32(12-14-33)28-54-45(64)34(9-8-19-53-47(51)66)55-46(65)40(30(2)3)57-37(61)18-22-67-24-26-69-27-25-68-23-20-52-36(60)17-21-58-38(62)15-16-39(58)63/h11-16,30-31,34,40H,6-10,17-29,48-50H2,1-5H3,(H,52,60)(H,54,64)(H,55,65)(H,57,61)(H3,51,53,66)/b44-42-/t34-,40-/m0/s1. The van der Waals surface area contributed by atoms with Crippen molar-refractivity contribution in [3.63, 3.8) is 0 Å². The molecule has 0 radical (unpaired) electrons. The molecule has 2 atom stereocenters. The van der Waals surface area contributed by atoms with Crippen LogP contribution < -0.4 is 60.2 Å². The molecule has 0 unspecified atom stereocenters. The van der Waals surface area contributed by atoms with E-state index in [0.29, 0.717) is 30.1 Å². The molecule has 0 bridgehead atoms. The molecule has 0 spiro atoms. The van der Waals surface area contributed by atoms with E-state index in [9.17, 15) is 33.6 Å². The summed E-state index contributed by atoms with van der Waals surface area (Å²) < 4.78 is 24.3. The Balaban J connectivity index is 1.46. The molecule has 70 heavy (non-hydrogen) atoms. The summed E-state index contributed by atoms with van der Waals surface area (Å²) >= 11 is 0. The maximum Gasteiger partial charge on any atom is 0.312 e. The number of ether oxygens (including phenoxy) is 4. The number of carbonyl (C=O) groups is 7. The van der Waals surface area contributed by atoms with E-state index in [2.05, 4.69) is 33.5 Å². The molecule has 2 aromatic rings. The van der Waals surface area contributed by atoms with Gasteiger partial charge in [-0.15, -0.1) is 0 Å². The number of hydrogen-bond acceptors (Lipinski definition) is 15. The molecule has 1 aromatic heterocycles. The zero-order valence-electron chi connectivity index (χ0n) is 41.1. The predicted octanol–water partition coefficient (Wildman–Crippen LogP) is -1.73. The Morgan fingerprint density at radius 3 is 1.94 bits per heavy atom. The van der Waals surface area contributed by atoms with Crippen LogP contribution in [-0.4, -0.2) is 133 Å². The Morgan fingerprint density at radius 1 is 0.714 bits per heavy atom. The Bertz CT molecular complexity index is 2190. The molecule has 1 aliphatic heterocycles. The lowest BCUT2D eigenvalue weighted by atomic mass is 10.0. The number of nitrogens with one attached hydrogen (secondary N) is 5. The Morgan fingerprint density at radius 2 is 1.34 bits per heavy atom. The van der Waals surface area contributed by atoms with E-state index in [4.69, 9.17) is 46.9 Å². The second kappa shape index (κ2) is 30.7. The van der Waals surface area contributed by atoms with Crippen molar-refractivity contribution in [2.75, 3.05) is 59.3 Å². The molecule has 23 nitrogen and oxygen atoms in total. The van der Waals surface area contributed by atoms with Crippen LogP contribution in [-0.2, 0) is 67.2 Å². The summed E-state index contributed by atoms with van der Waals surface area (Å²) in [7, 11) is 0. The van der Waals surface area contributed by atoms with Gasteiger partial charge in [-0.2, -0.15) is 0 Å². The first kappa shape index (κ1) is 57.6. The first-order valence-electron chi connectivity index (χ1n) is 23.7. The van der Waals surface area contributed by atoms with E-state index >= 15 is 0 Å². The molecule has 0 saturated carbocycles. The van der Waals surface area contributed by atoms with Crippen LogP contribution in [0.1, 0.15) is 90.1 Å². The van der Waals surface area contributed by atoms with Crippen molar-refractivity contribution < 1.29 is 52.5 Å². The topological polar surface area (TPSA) is 342 Å². The normalized spacial score (nSPS) is 13.6. The van der Waals surface area contributed by atoms with Crippen LogP contribution in [0.25, 0.3) is 11.7 Å². The van der Waals surface area contributed by atoms with Gasteiger partial charge in [0.15, 0.2) is 0 Å². The molecule has 1 aliphatic rings. The molecule has 0 fully saturated rings. The second-order valence-electron chi connectivity index (χ2n) is 17.1. The van der Waals surface area contributed by atoms with Crippen molar-refractivity contribution in [1.82, 2.24) is 41.0 Å². The van der Waals surface area contributed by atoms with Gasteiger partial charge in [-0.05, 0) is 50.2 Å². The number of benzene rings is 1. The number of nitrogens with two attached hydrogens (primary N) is 4. The predicted molar refractivity (Wildman–Crippen MR) is 259 cm³/mol. The van der Waals surface area contributed by atoms with Crippen molar-refractivity contribution in [1.29, 1.82) is 0 Å². The largest absolute Gasteiger partial charge is 0.475 e. The third-order valence-electron chi connectivity index (χ3n) is 10.6. The number of aromatic nitrogens is 2. The number of hydrogen-bond donors (Lipinski definition) is 9. The lowest BCUT2D eigenvalue weighted by molar-refractivity contribution is -0.137. The average Bonchev–Trinajstić information content (AvgIpc) is 3.84. The van der Waals surface area contributed by atoms with Crippen LogP contribution in [0.15, 0.2) is 36.4 Å².